The summed E-state index contributed by atoms with van der Waals surface area (Å²) >= 11 is 0. The molecule has 1 heterocycles. The largest absolute Gasteiger partial charge is 1.00 e. The van der Waals surface area contributed by atoms with Gasteiger partial charge in [-0.05, 0) is 20.8 Å². The van der Waals surface area contributed by atoms with Crippen molar-refractivity contribution in [2.45, 2.75) is 39.2 Å². The van der Waals surface area contributed by atoms with E-state index in [0.717, 1.165) is 0 Å². The van der Waals surface area contributed by atoms with Gasteiger partial charge in [0.05, 0.1) is 20.5 Å². The Morgan fingerprint density at radius 2 is 1.90 bits per heavy atom. The molecule has 0 aromatic carbocycles. The summed E-state index contributed by atoms with van der Waals surface area (Å²) in [5.74, 6) is -0.491. The lowest BCUT2D eigenvalue weighted by Crippen LogP contribution is -3.00. The van der Waals surface area contributed by atoms with Gasteiger partial charge in [0.2, 0.25) is 0 Å². The summed E-state index contributed by atoms with van der Waals surface area (Å²) in [7, 11) is 3.53. The monoisotopic (exact) mass is 395 g/mol. The SMILES string of the molecule is CN(C(=O)CCC(=O)OC(C)(C)C)n1cc[n+](C)c1.[I-]. The number of esters is 1. The van der Waals surface area contributed by atoms with E-state index in [0.29, 0.717) is 0 Å². The van der Waals surface area contributed by atoms with E-state index in [-0.39, 0.29) is 48.7 Å². The van der Waals surface area contributed by atoms with Crippen molar-refractivity contribution < 1.29 is 42.9 Å². The van der Waals surface area contributed by atoms with E-state index in [1.54, 1.807) is 45.0 Å². The fourth-order valence-electron chi connectivity index (χ4n) is 1.51. The van der Waals surface area contributed by atoms with Crippen molar-refractivity contribution in [3.63, 3.8) is 0 Å². The van der Waals surface area contributed by atoms with E-state index in [9.17, 15) is 9.59 Å². The number of hydrogen-bond donors (Lipinski definition) is 0. The van der Waals surface area contributed by atoms with Crippen LogP contribution in [-0.2, 0) is 21.4 Å². The number of amides is 1. The van der Waals surface area contributed by atoms with Gasteiger partial charge < -0.3 is 28.7 Å². The number of aromatic nitrogens is 2. The van der Waals surface area contributed by atoms with E-state index in [4.69, 9.17) is 4.74 Å². The molecule has 0 unspecified atom stereocenters. The summed E-state index contributed by atoms with van der Waals surface area (Å²) in [5.41, 5.74) is -0.514. The molecule has 0 aliphatic rings. The summed E-state index contributed by atoms with van der Waals surface area (Å²) in [6.45, 7) is 5.41. The Balaban J connectivity index is 0.00000361. The Hall–Kier alpha value is -1.12. The van der Waals surface area contributed by atoms with Gasteiger partial charge in [-0.3, -0.25) is 9.59 Å². The number of nitrogens with zero attached hydrogens (tertiary/aromatic N) is 3. The minimum absolute atomic E-state index is 0. The normalized spacial score (nSPS) is 10.7. The predicted octanol–water partition coefficient (Wildman–Crippen LogP) is -2.47. The van der Waals surface area contributed by atoms with Gasteiger partial charge in [0.1, 0.15) is 11.8 Å². The van der Waals surface area contributed by atoms with Crippen LogP contribution in [0.25, 0.3) is 0 Å². The number of aryl methyl sites for hydroxylation is 1. The lowest BCUT2D eigenvalue weighted by Gasteiger charge is -2.19. The maximum Gasteiger partial charge on any atom is 0.306 e. The first-order chi connectivity index (χ1) is 8.69. The third-order valence-electron chi connectivity index (χ3n) is 2.43. The summed E-state index contributed by atoms with van der Waals surface area (Å²) in [6, 6.07) is 0. The lowest BCUT2D eigenvalue weighted by atomic mass is 10.2. The van der Waals surface area contributed by atoms with Crippen LogP contribution >= 0.6 is 0 Å². The first kappa shape index (κ1) is 18.9. The lowest BCUT2D eigenvalue weighted by molar-refractivity contribution is -0.671. The van der Waals surface area contributed by atoms with Gasteiger partial charge in [-0.1, -0.05) is 0 Å². The molecular formula is C13H22IN3O3. The molecule has 0 spiro atoms. The van der Waals surface area contributed by atoms with Gasteiger partial charge in [-0.15, -0.1) is 4.68 Å². The van der Waals surface area contributed by atoms with Crippen LogP contribution in [0.15, 0.2) is 18.7 Å². The van der Waals surface area contributed by atoms with Gasteiger partial charge in [0.15, 0.2) is 6.20 Å². The van der Waals surface area contributed by atoms with Crippen molar-refractivity contribution in [1.82, 2.24) is 4.68 Å². The molecular weight excluding hydrogens is 373 g/mol. The van der Waals surface area contributed by atoms with Crippen LogP contribution in [-0.4, -0.2) is 29.2 Å². The topological polar surface area (TPSA) is 55.4 Å². The molecule has 0 fully saturated rings. The third-order valence-corrected chi connectivity index (χ3v) is 2.43. The van der Waals surface area contributed by atoms with Crippen LogP contribution in [0.5, 0.6) is 0 Å². The summed E-state index contributed by atoms with van der Waals surface area (Å²) < 4.78 is 8.65. The number of imidazole rings is 1. The van der Waals surface area contributed by atoms with Crippen LogP contribution in [0.1, 0.15) is 33.6 Å². The van der Waals surface area contributed by atoms with Crippen molar-refractivity contribution in [2.75, 3.05) is 12.1 Å². The highest BCUT2D eigenvalue weighted by atomic mass is 127. The van der Waals surface area contributed by atoms with Crippen molar-refractivity contribution in [3.8, 4) is 0 Å². The molecule has 0 bridgehead atoms. The van der Waals surface area contributed by atoms with Crippen LogP contribution in [0.3, 0.4) is 0 Å². The van der Waals surface area contributed by atoms with Crippen molar-refractivity contribution >= 4 is 11.9 Å². The molecule has 0 aliphatic carbocycles. The highest BCUT2D eigenvalue weighted by Gasteiger charge is 2.20. The quantitative estimate of drug-likeness (QED) is 0.323. The Morgan fingerprint density at radius 1 is 1.30 bits per heavy atom. The Labute approximate surface area is 136 Å². The molecule has 20 heavy (non-hydrogen) atoms. The maximum atomic E-state index is 11.9. The van der Waals surface area contributed by atoms with E-state index in [1.807, 2.05) is 17.8 Å². The number of ether oxygens (including phenoxy) is 1. The zero-order valence-electron chi connectivity index (χ0n) is 12.6. The number of halogens is 1. The van der Waals surface area contributed by atoms with Crippen molar-refractivity contribution in [2.24, 2.45) is 7.05 Å². The second kappa shape index (κ2) is 7.61. The Morgan fingerprint density at radius 3 is 2.35 bits per heavy atom. The molecule has 1 aromatic heterocycles. The number of rotatable bonds is 4. The highest BCUT2D eigenvalue weighted by molar-refractivity contribution is 5.88. The van der Waals surface area contributed by atoms with Crippen LogP contribution in [0, 0.1) is 0 Å². The zero-order valence-corrected chi connectivity index (χ0v) is 14.7. The number of carbonyl (C=O) groups is 2. The molecule has 0 saturated carbocycles. The molecule has 0 saturated heterocycles. The second-order valence-corrected chi connectivity index (χ2v) is 5.46. The standard InChI is InChI=1S/C13H22N3O3.HI/c1-13(2,3)19-12(18)7-6-11(17)15(5)16-9-8-14(4)10-16;/h8-10H,6-7H2,1-5H3;1H/q+1;/p-1. The molecule has 0 atom stereocenters. The third kappa shape index (κ3) is 6.36. The van der Waals surface area contributed by atoms with Crippen LogP contribution in [0.2, 0.25) is 0 Å². The van der Waals surface area contributed by atoms with Crippen LogP contribution in [0.4, 0.5) is 0 Å². The molecule has 1 aromatic rings. The summed E-state index contributed by atoms with van der Waals surface area (Å²) in [6.07, 6.45) is 5.59. The average Bonchev–Trinajstić information content (AvgIpc) is 2.69. The smallest absolute Gasteiger partial charge is 0.306 e. The van der Waals surface area contributed by atoms with E-state index in [1.165, 1.54) is 5.01 Å². The minimum atomic E-state index is -0.514. The first-order valence-corrected chi connectivity index (χ1v) is 6.21. The fourth-order valence-corrected chi connectivity index (χ4v) is 1.51. The molecule has 6 nitrogen and oxygen atoms in total. The van der Waals surface area contributed by atoms with Crippen LogP contribution < -0.4 is 33.6 Å². The maximum absolute atomic E-state index is 11.9. The summed E-state index contributed by atoms with van der Waals surface area (Å²) in [4.78, 5) is 23.4. The molecule has 0 radical (unpaired) electrons. The molecule has 7 heteroatoms. The van der Waals surface area contributed by atoms with Crippen molar-refractivity contribution in [1.29, 1.82) is 0 Å². The molecule has 0 aliphatic heterocycles. The van der Waals surface area contributed by atoms with E-state index >= 15 is 0 Å². The van der Waals surface area contributed by atoms with Crippen molar-refractivity contribution in [3.05, 3.63) is 18.7 Å². The van der Waals surface area contributed by atoms with E-state index in [2.05, 4.69) is 0 Å². The highest BCUT2D eigenvalue weighted by Crippen LogP contribution is 2.09. The van der Waals surface area contributed by atoms with Gasteiger partial charge in [-0.25, -0.2) is 4.57 Å². The predicted molar refractivity (Wildman–Crippen MR) is 69.8 cm³/mol. The first-order valence-electron chi connectivity index (χ1n) is 6.21. The minimum Gasteiger partial charge on any atom is -1.00 e. The number of carbonyl (C=O) groups excluding carboxylic acids is 2. The Bertz CT molecular complexity index is 466. The van der Waals surface area contributed by atoms with Gasteiger partial charge >= 0.3 is 5.97 Å². The van der Waals surface area contributed by atoms with E-state index < -0.39 is 5.60 Å². The molecule has 114 valence electrons. The fraction of sp³-hybridized carbons (Fsp3) is 0.615. The van der Waals surface area contributed by atoms with Gasteiger partial charge in [0, 0.05) is 6.42 Å². The molecule has 1 rings (SSSR count). The Kier molecular flexibility index (Phi) is 7.18. The number of hydrogen-bond acceptors (Lipinski definition) is 3. The van der Waals surface area contributed by atoms with Gasteiger partial charge in [0.25, 0.3) is 12.2 Å². The average molecular weight is 395 g/mol. The molecule has 0 N–H and O–H groups in total. The second-order valence-electron chi connectivity index (χ2n) is 5.46. The summed E-state index contributed by atoms with van der Waals surface area (Å²) in [5, 5.41) is 1.46. The molecule has 1 amide bonds. The zero-order chi connectivity index (χ0) is 14.6. The van der Waals surface area contributed by atoms with Gasteiger partial charge in [-0.2, -0.15) is 5.01 Å².